The topological polar surface area (TPSA) is 24.7 Å². The van der Waals surface area contributed by atoms with Crippen LogP contribution in [0, 0.1) is 26.0 Å². The zero-order valence-electron chi connectivity index (χ0n) is 20.4. The van der Waals surface area contributed by atoms with Crippen molar-refractivity contribution >= 4 is 55.1 Å². The average molecular weight is 654 g/mol. The van der Waals surface area contributed by atoms with Gasteiger partial charge in [0.25, 0.3) is 0 Å². The summed E-state index contributed by atoms with van der Waals surface area (Å²) in [5, 5.41) is 6.81. The van der Waals surface area contributed by atoms with E-state index in [0.29, 0.717) is 0 Å². The maximum atomic E-state index is 5.29. The molecule has 3 heteroatoms. The Bertz CT molecular complexity index is 1780. The van der Waals surface area contributed by atoms with Crippen molar-refractivity contribution in [2.24, 2.45) is 9.98 Å². The van der Waals surface area contributed by atoms with Crippen molar-refractivity contribution in [3.63, 3.8) is 0 Å². The molecular weight excluding hydrogens is 631 g/mol. The first-order valence-electron chi connectivity index (χ1n) is 12.2. The van der Waals surface area contributed by atoms with E-state index in [1.807, 2.05) is 12.1 Å². The molecule has 0 aliphatic heterocycles. The zero-order chi connectivity index (χ0) is 24.2. The van der Waals surface area contributed by atoms with Crippen LogP contribution in [0.1, 0.15) is 22.3 Å². The van der Waals surface area contributed by atoms with Crippen LogP contribution in [0.2, 0.25) is 0 Å². The molecule has 0 fully saturated rings. The van der Waals surface area contributed by atoms with Crippen molar-refractivity contribution in [1.29, 1.82) is 0 Å². The Morgan fingerprint density at radius 3 is 1.49 bits per heavy atom. The minimum absolute atomic E-state index is 0. The Labute approximate surface area is 230 Å². The molecule has 1 aliphatic carbocycles. The van der Waals surface area contributed by atoms with Crippen molar-refractivity contribution in [2.75, 3.05) is 0 Å². The van der Waals surface area contributed by atoms with E-state index in [4.69, 9.17) is 9.98 Å². The normalized spacial score (nSPS) is 14.6. The molecule has 178 valence electrons. The Balaban J connectivity index is 0.00000252. The molecule has 0 N–H and O–H groups in total. The predicted molar refractivity (Wildman–Crippen MR) is 151 cm³/mol. The number of hydrogen-bond donors (Lipinski definition) is 0. The maximum Gasteiger partial charge on any atom is 2.00 e. The van der Waals surface area contributed by atoms with Gasteiger partial charge in [0.15, 0.2) is 0 Å². The van der Waals surface area contributed by atoms with Crippen LogP contribution in [0.4, 0.5) is 11.4 Å². The van der Waals surface area contributed by atoms with E-state index in [0.717, 1.165) is 44.7 Å². The van der Waals surface area contributed by atoms with Gasteiger partial charge in [-0.2, -0.15) is 0 Å². The molecule has 0 heterocycles. The summed E-state index contributed by atoms with van der Waals surface area (Å²) >= 11 is 0. The second-order valence-electron chi connectivity index (χ2n) is 9.35. The van der Waals surface area contributed by atoms with Gasteiger partial charge in [0.2, 0.25) is 0 Å². The van der Waals surface area contributed by atoms with E-state index in [2.05, 4.69) is 111 Å². The van der Waals surface area contributed by atoms with Crippen molar-refractivity contribution in [2.45, 2.75) is 13.8 Å². The molecule has 0 bridgehead atoms. The fourth-order valence-electron chi connectivity index (χ4n) is 5.36. The zero-order valence-corrected chi connectivity index (χ0v) is 22.7. The molecule has 0 saturated carbocycles. The fraction of sp³-hybridized carbons (Fsp3) is 0.0588. The first kappa shape index (κ1) is 23.5. The summed E-state index contributed by atoms with van der Waals surface area (Å²) in [6.07, 6.45) is 0. The van der Waals surface area contributed by atoms with Crippen LogP contribution in [0.5, 0.6) is 0 Å². The van der Waals surface area contributed by atoms with Gasteiger partial charge in [0, 0.05) is 16.5 Å². The minimum atomic E-state index is 0. The standard InChI is InChI=1S/C34H22N2.Pt/c1-21-9-3-15-26-24(21)13-7-19-30(26)35-33-28-17-5-11-23-12-6-18-29(32(23)28)34(33)36-31-20-8-14-25-22(2)10-4-16-27(25)31;/h3-14,17-20H,1-2H3;/q-2;+2. The number of rotatable bonds is 2. The summed E-state index contributed by atoms with van der Waals surface area (Å²) in [5.74, 6) is 0. The molecule has 0 saturated heterocycles. The van der Waals surface area contributed by atoms with Gasteiger partial charge in [0.05, 0.1) is 11.4 Å². The number of hydrogen-bond acceptors (Lipinski definition) is 2. The number of aliphatic imine (C=N–C) groups is 2. The number of aryl methyl sites for hydroxylation is 2. The van der Waals surface area contributed by atoms with Gasteiger partial charge in [-0.15, -0.1) is 69.1 Å². The van der Waals surface area contributed by atoms with Crippen LogP contribution < -0.4 is 0 Å². The van der Waals surface area contributed by atoms with Gasteiger partial charge in [-0.25, -0.2) is 0 Å². The summed E-state index contributed by atoms with van der Waals surface area (Å²) in [4.78, 5) is 10.6. The number of nitrogens with zero attached hydrogens (tertiary/aromatic N) is 2. The Kier molecular flexibility index (Phi) is 5.86. The molecule has 0 amide bonds. The molecule has 0 atom stereocenters. The molecule has 6 aromatic carbocycles. The molecule has 0 spiro atoms. The van der Waals surface area contributed by atoms with E-state index < -0.39 is 0 Å². The van der Waals surface area contributed by atoms with Gasteiger partial charge >= 0.3 is 21.1 Å². The SMILES string of the molecule is Cc1cc[c-]c2c(N=C3C(=Nc4cccc5c(C)cc[c-]c45)c4cccc5cccc3c45)cccc12.[Pt+2]. The molecule has 0 aromatic heterocycles. The van der Waals surface area contributed by atoms with Crippen LogP contribution in [-0.4, -0.2) is 11.4 Å². The summed E-state index contributed by atoms with van der Waals surface area (Å²) < 4.78 is 0. The molecule has 0 unspecified atom stereocenters. The average Bonchev–Trinajstić information content (AvgIpc) is 3.19. The summed E-state index contributed by atoms with van der Waals surface area (Å²) in [5.41, 5.74) is 8.28. The van der Waals surface area contributed by atoms with E-state index in [1.165, 1.54) is 32.7 Å². The largest absolute Gasteiger partial charge is 2.00 e. The summed E-state index contributed by atoms with van der Waals surface area (Å²) in [6, 6.07) is 40.4. The predicted octanol–water partition coefficient (Wildman–Crippen LogP) is 8.62. The second kappa shape index (κ2) is 9.21. The molecule has 0 radical (unpaired) electrons. The third-order valence-corrected chi connectivity index (χ3v) is 7.16. The van der Waals surface area contributed by atoms with Gasteiger partial charge in [0.1, 0.15) is 0 Å². The van der Waals surface area contributed by atoms with Crippen LogP contribution in [0.15, 0.2) is 107 Å². The van der Waals surface area contributed by atoms with Crippen molar-refractivity contribution < 1.29 is 21.1 Å². The van der Waals surface area contributed by atoms with Gasteiger partial charge in [-0.1, -0.05) is 86.6 Å². The van der Waals surface area contributed by atoms with Gasteiger partial charge < -0.3 is 0 Å². The van der Waals surface area contributed by atoms with Crippen LogP contribution in [0.3, 0.4) is 0 Å². The Morgan fingerprint density at radius 1 is 0.541 bits per heavy atom. The first-order chi connectivity index (χ1) is 17.7. The fourth-order valence-corrected chi connectivity index (χ4v) is 5.36. The van der Waals surface area contributed by atoms with Crippen molar-refractivity contribution in [3.05, 3.63) is 131 Å². The van der Waals surface area contributed by atoms with Crippen LogP contribution in [0.25, 0.3) is 32.3 Å². The van der Waals surface area contributed by atoms with E-state index in [-0.39, 0.29) is 21.1 Å². The molecule has 37 heavy (non-hydrogen) atoms. The minimum Gasteiger partial charge on any atom is -0.294 e. The molecule has 6 aromatic rings. The Hall–Kier alpha value is -3.87. The third kappa shape index (κ3) is 3.75. The quantitative estimate of drug-likeness (QED) is 0.167. The van der Waals surface area contributed by atoms with Gasteiger partial charge in [-0.3, -0.25) is 9.98 Å². The second-order valence-corrected chi connectivity index (χ2v) is 9.35. The smallest absolute Gasteiger partial charge is 0.294 e. The number of fused-ring (bicyclic) bond motifs is 2. The molecule has 2 nitrogen and oxygen atoms in total. The third-order valence-electron chi connectivity index (χ3n) is 7.16. The Morgan fingerprint density at radius 2 is 1.00 bits per heavy atom. The van der Waals surface area contributed by atoms with Crippen LogP contribution >= 0.6 is 0 Å². The van der Waals surface area contributed by atoms with Crippen LogP contribution in [-0.2, 0) is 21.1 Å². The monoisotopic (exact) mass is 653 g/mol. The van der Waals surface area contributed by atoms with Crippen molar-refractivity contribution in [3.8, 4) is 0 Å². The van der Waals surface area contributed by atoms with E-state index in [1.54, 1.807) is 0 Å². The molecule has 7 rings (SSSR count). The number of benzene rings is 6. The maximum absolute atomic E-state index is 5.29. The van der Waals surface area contributed by atoms with Crippen molar-refractivity contribution in [1.82, 2.24) is 0 Å². The first-order valence-corrected chi connectivity index (χ1v) is 12.2. The summed E-state index contributed by atoms with van der Waals surface area (Å²) in [7, 11) is 0. The van der Waals surface area contributed by atoms with E-state index >= 15 is 0 Å². The van der Waals surface area contributed by atoms with E-state index in [9.17, 15) is 0 Å². The molecular formula is C34H22N2Pt. The summed E-state index contributed by atoms with van der Waals surface area (Å²) in [6.45, 7) is 4.26. The van der Waals surface area contributed by atoms with Gasteiger partial charge in [-0.05, 0) is 16.8 Å². The molecule has 1 aliphatic rings.